The minimum Gasteiger partial charge on any atom is -0.277 e. The fraction of sp³-hybridized carbons (Fsp3) is 0. The van der Waals surface area contributed by atoms with Crippen molar-refractivity contribution in [1.82, 2.24) is 4.98 Å². The van der Waals surface area contributed by atoms with Crippen LogP contribution in [0.4, 0.5) is 11.4 Å². The molecule has 1 aromatic carbocycles. The van der Waals surface area contributed by atoms with E-state index < -0.39 is 14.9 Å². The van der Waals surface area contributed by atoms with Gasteiger partial charge in [0.15, 0.2) is 5.03 Å². The van der Waals surface area contributed by atoms with Gasteiger partial charge in [-0.05, 0) is 35.9 Å². The molecule has 0 aliphatic carbocycles. The molecule has 0 bridgehead atoms. The first kappa shape index (κ1) is 16.1. The lowest BCUT2D eigenvalue weighted by molar-refractivity contribution is -0.384. The minimum absolute atomic E-state index is 0.00591. The number of sulfonamides is 1. The van der Waals surface area contributed by atoms with Gasteiger partial charge in [0.05, 0.1) is 10.6 Å². The van der Waals surface area contributed by atoms with Gasteiger partial charge in [0, 0.05) is 28.6 Å². The number of anilines is 1. The zero-order valence-electron chi connectivity index (χ0n) is 12.1. The predicted molar refractivity (Wildman–Crippen MR) is 91.5 cm³/mol. The molecule has 2 heterocycles. The lowest BCUT2D eigenvalue weighted by atomic mass is 10.2. The molecular weight excluding hydrogens is 350 g/mol. The first-order chi connectivity index (χ1) is 11.5. The number of hydrogen-bond acceptors (Lipinski definition) is 6. The van der Waals surface area contributed by atoms with E-state index in [1.807, 2.05) is 0 Å². The van der Waals surface area contributed by atoms with Crippen LogP contribution in [0.25, 0.3) is 10.4 Å². The van der Waals surface area contributed by atoms with Crippen molar-refractivity contribution in [1.29, 1.82) is 0 Å². The van der Waals surface area contributed by atoms with Crippen LogP contribution in [-0.2, 0) is 10.0 Å². The maximum atomic E-state index is 12.2. The molecule has 0 fully saturated rings. The van der Waals surface area contributed by atoms with Crippen molar-refractivity contribution >= 4 is 32.7 Å². The Morgan fingerprint density at radius 2 is 1.88 bits per heavy atom. The van der Waals surface area contributed by atoms with Crippen molar-refractivity contribution in [3.05, 3.63) is 70.2 Å². The van der Waals surface area contributed by atoms with Gasteiger partial charge >= 0.3 is 0 Å². The summed E-state index contributed by atoms with van der Waals surface area (Å²) in [4.78, 5) is 14.8. The van der Waals surface area contributed by atoms with E-state index in [9.17, 15) is 18.5 Å². The average Bonchev–Trinajstić information content (AvgIpc) is 3.03. The molecule has 7 nitrogen and oxygen atoms in total. The van der Waals surface area contributed by atoms with Crippen molar-refractivity contribution in [2.45, 2.75) is 5.03 Å². The largest absolute Gasteiger partial charge is 0.279 e. The Morgan fingerprint density at radius 1 is 1.12 bits per heavy atom. The number of rotatable bonds is 5. The molecule has 3 aromatic rings. The molecule has 9 heteroatoms. The SMILES string of the molecule is O=[N+]([O-])c1ccc(-c2cc(NS(=O)(=O)c3ccccn3)cs2)cc1. The molecule has 0 atom stereocenters. The molecule has 0 amide bonds. The topological polar surface area (TPSA) is 102 Å². The Hall–Kier alpha value is -2.78. The second-order valence-electron chi connectivity index (χ2n) is 4.78. The van der Waals surface area contributed by atoms with E-state index in [2.05, 4.69) is 9.71 Å². The van der Waals surface area contributed by atoms with E-state index in [0.29, 0.717) is 5.69 Å². The highest BCUT2D eigenvalue weighted by atomic mass is 32.2. The summed E-state index contributed by atoms with van der Waals surface area (Å²) in [7, 11) is -3.74. The first-order valence-electron chi connectivity index (χ1n) is 6.73. The van der Waals surface area contributed by atoms with Gasteiger partial charge < -0.3 is 0 Å². The second kappa shape index (κ2) is 6.38. The summed E-state index contributed by atoms with van der Waals surface area (Å²) in [5, 5.41) is 12.3. The molecule has 0 radical (unpaired) electrons. The number of aromatic nitrogens is 1. The van der Waals surface area contributed by atoms with Crippen molar-refractivity contribution < 1.29 is 13.3 Å². The number of nitro groups is 1. The van der Waals surface area contributed by atoms with Gasteiger partial charge in [-0.15, -0.1) is 11.3 Å². The lowest BCUT2D eigenvalue weighted by Crippen LogP contribution is -2.13. The summed E-state index contributed by atoms with van der Waals surface area (Å²) in [6.07, 6.45) is 1.41. The zero-order valence-corrected chi connectivity index (χ0v) is 13.8. The summed E-state index contributed by atoms with van der Waals surface area (Å²) in [5.74, 6) is 0. The Balaban J connectivity index is 1.82. The van der Waals surface area contributed by atoms with Crippen molar-refractivity contribution in [3.8, 4) is 10.4 Å². The second-order valence-corrected chi connectivity index (χ2v) is 7.32. The van der Waals surface area contributed by atoms with E-state index in [4.69, 9.17) is 0 Å². The number of benzene rings is 1. The molecule has 0 spiro atoms. The molecule has 2 aromatic heterocycles. The molecule has 1 N–H and O–H groups in total. The third-order valence-electron chi connectivity index (χ3n) is 3.13. The fourth-order valence-electron chi connectivity index (χ4n) is 2.00. The van der Waals surface area contributed by atoms with Gasteiger partial charge in [0.2, 0.25) is 0 Å². The summed E-state index contributed by atoms with van der Waals surface area (Å²) < 4.78 is 26.9. The first-order valence-corrected chi connectivity index (χ1v) is 9.09. The quantitative estimate of drug-likeness (QED) is 0.553. The monoisotopic (exact) mass is 361 g/mol. The summed E-state index contributed by atoms with van der Waals surface area (Å²) in [5.41, 5.74) is 1.19. The molecule has 0 saturated heterocycles. The molecular formula is C15H11N3O4S2. The van der Waals surface area contributed by atoms with Crippen LogP contribution in [-0.4, -0.2) is 18.3 Å². The standard InChI is InChI=1S/C15H11N3O4S2/c19-18(20)13-6-4-11(5-7-13)14-9-12(10-23-14)17-24(21,22)15-3-1-2-8-16-15/h1-10,17H. The normalized spacial score (nSPS) is 11.2. The predicted octanol–water partition coefficient (Wildman–Crippen LogP) is 3.52. The van der Waals surface area contributed by atoms with Crippen LogP contribution < -0.4 is 4.72 Å². The Bertz CT molecular complexity index is 967. The van der Waals surface area contributed by atoms with Crippen molar-refractivity contribution in [3.63, 3.8) is 0 Å². The zero-order chi connectivity index (χ0) is 17.2. The van der Waals surface area contributed by atoms with Crippen LogP contribution in [0.3, 0.4) is 0 Å². The minimum atomic E-state index is -3.74. The smallest absolute Gasteiger partial charge is 0.277 e. The lowest BCUT2D eigenvalue weighted by Gasteiger charge is -2.04. The average molecular weight is 361 g/mol. The van der Waals surface area contributed by atoms with Gasteiger partial charge in [0.1, 0.15) is 0 Å². The maximum absolute atomic E-state index is 12.2. The third kappa shape index (κ3) is 3.42. The number of nitrogens with zero attached hydrogens (tertiary/aromatic N) is 2. The van der Waals surface area contributed by atoms with E-state index in [1.165, 1.54) is 35.7 Å². The van der Waals surface area contributed by atoms with Crippen LogP contribution in [0.15, 0.2) is 65.1 Å². The van der Waals surface area contributed by atoms with Gasteiger partial charge in [-0.25, -0.2) is 4.98 Å². The van der Waals surface area contributed by atoms with E-state index in [0.717, 1.165) is 10.4 Å². The van der Waals surface area contributed by atoms with Crippen LogP contribution in [0.5, 0.6) is 0 Å². The van der Waals surface area contributed by atoms with Crippen LogP contribution >= 0.6 is 11.3 Å². The molecule has 0 aliphatic rings. The van der Waals surface area contributed by atoms with Crippen molar-refractivity contribution in [2.75, 3.05) is 4.72 Å². The summed E-state index contributed by atoms with van der Waals surface area (Å²) in [6.45, 7) is 0. The van der Waals surface area contributed by atoms with Crippen molar-refractivity contribution in [2.24, 2.45) is 0 Å². The molecule has 24 heavy (non-hydrogen) atoms. The number of pyridine rings is 1. The molecule has 0 aliphatic heterocycles. The third-order valence-corrected chi connectivity index (χ3v) is 5.40. The van der Waals surface area contributed by atoms with Gasteiger partial charge in [-0.2, -0.15) is 8.42 Å². The van der Waals surface area contributed by atoms with Crippen LogP contribution in [0.2, 0.25) is 0 Å². The Morgan fingerprint density at radius 3 is 2.50 bits per heavy atom. The Kier molecular flexibility index (Phi) is 4.28. The Labute approximate surface area is 141 Å². The number of thiophene rings is 1. The van der Waals surface area contributed by atoms with E-state index >= 15 is 0 Å². The van der Waals surface area contributed by atoms with Gasteiger partial charge in [-0.3, -0.25) is 14.8 Å². The number of hydrogen-bond donors (Lipinski definition) is 1. The fourth-order valence-corrected chi connectivity index (χ4v) is 3.91. The van der Waals surface area contributed by atoms with Gasteiger partial charge in [0.25, 0.3) is 15.7 Å². The summed E-state index contributed by atoms with van der Waals surface area (Å²) >= 11 is 1.34. The van der Waals surface area contributed by atoms with Crippen LogP contribution in [0.1, 0.15) is 0 Å². The highest BCUT2D eigenvalue weighted by Gasteiger charge is 2.16. The van der Waals surface area contributed by atoms with Gasteiger partial charge in [-0.1, -0.05) is 6.07 Å². The highest BCUT2D eigenvalue weighted by molar-refractivity contribution is 7.92. The van der Waals surface area contributed by atoms with E-state index in [1.54, 1.807) is 35.7 Å². The molecule has 0 saturated carbocycles. The highest BCUT2D eigenvalue weighted by Crippen LogP contribution is 2.31. The number of non-ortho nitro benzene ring substituents is 1. The van der Waals surface area contributed by atoms with Crippen LogP contribution in [0, 0.1) is 10.1 Å². The number of nitro benzene ring substituents is 1. The maximum Gasteiger partial charge on any atom is 0.279 e. The van der Waals surface area contributed by atoms with E-state index in [-0.39, 0.29) is 10.7 Å². The number of nitrogens with one attached hydrogen (secondary N) is 1. The summed E-state index contributed by atoms with van der Waals surface area (Å²) in [6, 6.07) is 12.4. The molecule has 0 unspecified atom stereocenters. The molecule has 3 rings (SSSR count). The molecule has 122 valence electrons.